The maximum atomic E-state index is 14.1. The molecule has 0 radical (unpaired) electrons. The summed E-state index contributed by atoms with van der Waals surface area (Å²) in [6.07, 6.45) is -3.39. The molecule has 3 aliphatic rings. The summed E-state index contributed by atoms with van der Waals surface area (Å²) in [6.45, 7) is 4.25. The van der Waals surface area contributed by atoms with Crippen molar-refractivity contribution >= 4 is 17.7 Å². The minimum absolute atomic E-state index is 0.0651. The van der Waals surface area contributed by atoms with Gasteiger partial charge in [0.05, 0.1) is 44.1 Å². The Hall–Kier alpha value is -3.46. The number of pyridine rings is 1. The van der Waals surface area contributed by atoms with Crippen molar-refractivity contribution in [3.8, 4) is 5.88 Å². The summed E-state index contributed by atoms with van der Waals surface area (Å²) < 4.78 is 52.2. The third kappa shape index (κ3) is 6.93. The third-order valence-electron chi connectivity index (χ3n) is 8.58. The van der Waals surface area contributed by atoms with Crippen LogP contribution in [0.2, 0.25) is 0 Å². The maximum absolute atomic E-state index is 14.1. The fraction of sp³-hybridized carbons (Fsp3) is 0.567. The van der Waals surface area contributed by atoms with Crippen LogP contribution >= 0.6 is 0 Å². The number of anilines is 1. The fourth-order valence-corrected chi connectivity index (χ4v) is 6.22. The number of aliphatic hydroxyl groups is 1. The van der Waals surface area contributed by atoms with Crippen molar-refractivity contribution in [3.05, 3.63) is 53.0 Å². The molecule has 5 rings (SSSR count). The number of benzene rings is 1. The molecule has 0 unspecified atom stereocenters. The monoisotopic (exact) mass is 621 g/mol. The molecule has 14 heteroatoms. The van der Waals surface area contributed by atoms with Crippen molar-refractivity contribution in [2.45, 2.75) is 57.5 Å². The van der Waals surface area contributed by atoms with E-state index in [1.54, 1.807) is 34.9 Å². The number of carbonyl (C=O) groups excluding carboxylic acids is 1. The van der Waals surface area contributed by atoms with Crippen molar-refractivity contribution in [2.24, 2.45) is 0 Å². The highest BCUT2D eigenvalue weighted by Gasteiger charge is 2.41. The zero-order valence-electron chi connectivity index (χ0n) is 24.7. The van der Waals surface area contributed by atoms with Crippen LogP contribution in [0.25, 0.3) is 0 Å². The Morgan fingerprint density at radius 2 is 1.84 bits per heavy atom. The van der Waals surface area contributed by atoms with Crippen molar-refractivity contribution < 1.29 is 42.4 Å². The fourth-order valence-electron chi connectivity index (χ4n) is 6.22. The number of halogens is 3. The molecule has 0 aliphatic carbocycles. The van der Waals surface area contributed by atoms with Gasteiger partial charge in [-0.25, -0.2) is 22.9 Å². The lowest BCUT2D eigenvalue weighted by molar-refractivity contribution is -0.123. The summed E-state index contributed by atoms with van der Waals surface area (Å²) in [5, 5.41) is 19.8. The number of ether oxygens (including phenoxy) is 2. The number of fused-ring (bicyclic) bond motifs is 1. The SMILES string of the molecule is C[C@@H]1CN(CC(=O)N2c3cc(Cc4ccc(F)cc4)c(CO)nc3OC[C@@H]2C)[C@@H](CN2CCOC[C@H]2C(F)F)CN1C(=O)O. The maximum Gasteiger partial charge on any atom is 0.407 e. The number of nitrogens with zero attached hydrogens (tertiary/aromatic N) is 5. The average molecular weight is 622 g/mol. The van der Waals surface area contributed by atoms with Gasteiger partial charge in [0.15, 0.2) is 0 Å². The predicted octanol–water partition coefficient (Wildman–Crippen LogP) is 2.44. The molecule has 4 heterocycles. The van der Waals surface area contributed by atoms with Crippen molar-refractivity contribution in [2.75, 3.05) is 57.4 Å². The Balaban J connectivity index is 1.41. The van der Waals surface area contributed by atoms with E-state index in [-0.39, 0.29) is 76.2 Å². The third-order valence-corrected chi connectivity index (χ3v) is 8.58. The molecule has 11 nitrogen and oxygen atoms in total. The van der Waals surface area contributed by atoms with Crippen LogP contribution in [0.15, 0.2) is 30.3 Å². The van der Waals surface area contributed by atoms with Crippen LogP contribution in [0.3, 0.4) is 0 Å². The van der Waals surface area contributed by atoms with Gasteiger partial charge in [0.2, 0.25) is 11.8 Å². The predicted molar refractivity (Wildman–Crippen MR) is 154 cm³/mol. The number of carbonyl (C=O) groups is 2. The Morgan fingerprint density at radius 3 is 2.52 bits per heavy atom. The molecule has 2 aromatic rings. The largest absolute Gasteiger partial charge is 0.474 e. The highest BCUT2D eigenvalue weighted by atomic mass is 19.3. The Bertz CT molecular complexity index is 1330. The van der Waals surface area contributed by atoms with Gasteiger partial charge < -0.3 is 29.5 Å². The first-order chi connectivity index (χ1) is 21.0. The lowest BCUT2D eigenvalue weighted by Gasteiger charge is -2.47. The van der Waals surface area contributed by atoms with Crippen LogP contribution < -0.4 is 9.64 Å². The lowest BCUT2D eigenvalue weighted by atomic mass is 10.0. The number of aromatic nitrogens is 1. The van der Waals surface area contributed by atoms with Crippen LogP contribution in [-0.4, -0.2) is 125 Å². The summed E-state index contributed by atoms with van der Waals surface area (Å²) in [4.78, 5) is 36.9. The molecule has 0 spiro atoms. The number of rotatable bonds is 8. The highest BCUT2D eigenvalue weighted by Crippen LogP contribution is 2.35. The first kappa shape index (κ1) is 31.9. The van der Waals surface area contributed by atoms with Crippen LogP contribution in [0, 0.1) is 5.82 Å². The van der Waals surface area contributed by atoms with Crippen LogP contribution in [0.5, 0.6) is 5.88 Å². The number of carboxylic acid groups (broad SMARTS) is 1. The van der Waals surface area contributed by atoms with E-state index in [2.05, 4.69) is 4.98 Å². The van der Waals surface area contributed by atoms with Crippen LogP contribution in [0.1, 0.15) is 30.7 Å². The van der Waals surface area contributed by atoms with E-state index in [9.17, 15) is 33.0 Å². The molecule has 0 saturated carbocycles. The molecule has 2 N–H and O–H groups in total. The van der Waals surface area contributed by atoms with Gasteiger partial charge in [-0.3, -0.25) is 14.6 Å². The molecule has 4 atom stereocenters. The van der Waals surface area contributed by atoms with Gasteiger partial charge in [0.25, 0.3) is 6.43 Å². The van der Waals surface area contributed by atoms with E-state index in [0.29, 0.717) is 30.0 Å². The normalized spacial score (nSPS) is 24.7. The number of amides is 2. The quantitative estimate of drug-likeness (QED) is 0.458. The van der Waals surface area contributed by atoms with Gasteiger partial charge in [0, 0.05) is 38.3 Å². The first-order valence-corrected chi connectivity index (χ1v) is 14.7. The number of alkyl halides is 2. The Morgan fingerprint density at radius 1 is 1.09 bits per heavy atom. The molecule has 44 heavy (non-hydrogen) atoms. The molecule has 1 aromatic carbocycles. The molecular weight excluding hydrogens is 583 g/mol. The number of morpholine rings is 1. The second-order valence-electron chi connectivity index (χ2n) is 11.6. The summed E-state index contributed by atoms with van der Waals surface area (Å²) in [7, 11) is 0. The van der Waals surface area contributed by atoms with E-state index in [0.717, 1.165) is 5.56 Å². The standard InChI is InChI=1S/C30H38F3N5O6/c1-18-11-36(23(13-37(18)30(41)42)12-35-7-8-43-17-26(35)28(32)33)14-27(40)38-19(2)16-44-29-25(38)10-21(24(15-39)34-29)9-20-3-5-22(31)6-4-20/h3-6,10,18-19,23,26,28,39H,7-9,11-17H2,1-2H3,(H,41,42)/t18-,19+,23+,26+/m1/s1. The molecule has 1 aromatic heterocycles. The summed E-state index contributed by atoms with van der Waals surface area (Å²) >= 11 is 0. The molecule has 0 bridgehead atoms. The minimum atomic E-state index is -2.63. The minimum Gasteiger partial charge on any atom is -0.474 e. The van der Waals surface area contributed by atoms with Gasteiger partial charge in [0.1, 0.15) is 18.1 Å². The van der Waals surface area contributed by atoms with Gasteiger partial charge >= 0.3 is 6.09 Å². The molecule has 2 amide bonds. The smallest absolute Gasteiger partial charge is 0.407 e. The number of piperazine rings is 1. The Kier molecular flexibility index (Phi) is 9.93. The number of hydrogen-bond acceptors (Lipinski definition) is 8. The van der Waals surface area contributed by atoms with Gasteiger partial charge in [-0.1, -0.05) is 12.1 Å². The number of hydrogen-bond donors (Lipinski definition) is 2. The molecular formula is C30H38F3N5O6. The molecule has 2 fully saturated rings. The highest BCUT2D eigenvalue weighted by molar-refractivity contribution is 5.97. The first-order valence-electron chi connectivity index (χ1n) is 14.7. The van der Waals surface area contributed by atoms with Gasteiger partial charge in [-0.2, -0.15) is 0 Å². The Labute approximate surface area is 253 Å². The van der Waals surface area contributed by atoms with E-state index < -0.39 is 30.6 Å². The van der Waals surface area contributed by atoms with Crippen molar-refractivity contribution in [3.63, 3.8) is 0 Å². The zero-order valence-corrected chi connectivity index (χ0v) is 24.7. The molecule has 240 valence electrons. The zero-order chi connectivity index (χ0) is 31.5. The van der Waals surface area contributed by atoms with Crippen molar-refractivity contribution in [1.29, 1.82) is 0 Å². The van der Waals surface area contributed by atoms with E-state index in [4.69, 9.17) is 9.47 Å². The van der Waals surface area contributed by atoms with Gasteiger partial charge in [-0.05, 0) is 49.6 Å². The summed E-state index contributed by atoms with van der Waals surface area (Å²) in [6, 6.07) is 5.33. The second-order valence-corrected chi connectivity index (χ2v) is 11.6. The second kappa shape index (κ2) is 13.7. The van der Waals surface area contributed by atoms with E-state index in [1.807, 2.05) is 11.8 Å². The molecule has 2 saturated heterocycles. The molecule has 3 aliphatic heterocycles. The number of aliphatic hydroxyl groups excluding tert-OH is 1. The van der Waals surface area contributed by atoms with Gasteiger partial charge in [-0.15, -0.1) is 0 Å². The topological polar surface area (TPSA) is 119 Å². The summed E-state index contributed by atoms with van der Waals surface area (Å²) in [5.74, 6) is -0.437. The van der Waals surface area contributed by atoms with E-state index >= 15 is 0 Å². The van der Waals surface area contributed by atoms with E-state index in [1.165, 1.54) is 17.0 Å². The van der Waals surface area contributed by atoms with Crippen LogP contribution in [-0.2, 0) is 22.6 Å². The summed E-state index contributed by atoms with van der Waals surface area (Å²) in [5.41, 5.74) is 2.26. The average Bonchev–Trinajstić information content (AvgIpc) is 2.99. The lowest BCUT2D eigenvalue weighted by Crippen LogP contribution is -2.65. The van der Waals surface area contributed by atoms with Crippen LogP contribution in [0.4, 0.5) is 23.7 Å². The van der Waals surface area contributed by atoms with Crippen molar-refractivity contribution in [1.82, 2.24) is 19.7 Å².